The molecule has 6 nitrogen and oxygen atoms in total. The third-order valence-corrected chi connectivity index (χ3v) is 4.98. The van der Waals surface area contributed by atoms with E-state index in [0.29, 0.717) is 5.16 Å². The van der Waals surface area contributed by atoms with Crippen LogP contribution in [0.3, 0.4) is 0 Å². The maximum absolute atomic E-state index is 9.15. The Hall–Kier alpha value is -2.20. The molecule has 24 heavy (non-hydrogen) atoms. The monoisotopic (exact) mass is 343 g/mol. The molecule has 0 unspecified atom stereocenters. The van der Waals surface area contributed by atoms with E-state index in [4.69, 9.17) is 10.00 Å². The van der Waals surface area contributed by atoms with Crippen molar-refractivity contribution in [2.45, 2.75) is 36.6 Å². The van der Waals surface area contributed by atoms with Gasteiger partial charge >= 0.3 is 0 Å². The van der Waals surface area contributed by atoms with Gasteiger partial charge in [-0.25, -0.2) is 0 Å². The number of thioether (sulfide) groups is 1. The van der Waals surface area contributed by atoms with Crippen LogP contribution in [0.4, 0.5) is 5.95 Å². The van der Waals surface area contributed by atoms with Crippen LogP contribution in [-0.2, 0) is 0 Å². The number of para-hydroxylation sites is 2. The molecular formula is C17H21N5OS. The molecule has 0 spiro atoms. The van der Waals surface area contributed by atoms with Gasteiger partial charge in [-0.3, -0.25) is 4.57 Å². The number of nitriles is 1. The summed E-state index contributed by atoms with van der Waals surface area (Å²) in [5.41, 5.74) is 0.901. The van der Waals surface area contributed by atoms with E-state index in [1.54, 1.807) is 7.11 Å². The van der Waals surface area contributed by atoms with Crippen LogP contribution in [0.1, 0.15) is 26.2 Å². The SMILES string of the molecule is COc1ccccc1-n1c(S[C@@H](C)C#N)nnc1N1CCCCC1. The minimum Gasteiger partial charge on any atom is -0.495 e. The molecule has 0 amide bonds. The Kier molecular flexibility index (Phi) is 5.26. The summed E-state index contributed by atoms with van der Waals surface area (Å²) < 4.78 is 7.55. The summed E-state index contributed by atoms with van der Waals surface area (Å²) in [6.07, 6.45) is 3.58. The average Bonchev–Trinajstić information content (AvgIpc) is 3.05. The summed E-state index contributed by atoms with van der Waals surface area (Å²) in [7, 11) is 1.66. The Bertz CT molecular complexity index is 733. The highest BCUT2D eigenvalue weighted by atomic mass is 32.2. The van der Waals surface area contributed by atoms with Gasteiger partial charge in [0.25, 0.3) is 0 Å². The second kappa shape index (κ2) is 7.58. The maximum Gasteiger partial charge on any atom is 0.232 e. The molecule has 0 N–H and O–H groups in total. The minimum atomic E-state index is -0.197. The molecule has 1 atom stereocenters. The first-order valence-corrected chi connectivity index (χ1v) is 9.02. The Morgan fingerprint density at radius 1 is 1.21 bits per heavy atom. The molecule has 1 fully saturated rings. The van der Waals surface area contributed by atoms with Gasteiger partial charge in [-0.2, -0.15) is 5.26 Å². The van der Waals surface area contributed by atoms with Crippen molar-refractivity contribution in [2.75, 3.05) is 25.1 Å². The fourth-order valence-corrected chi connectivity index (χ4v) is 3.59. The number of ether oxygens (including phenoxy) is 1. The molecule has 1 aromatic heterocycles. The molecule has 2 aromatic rings. The third-order valence-electron chi connectivity index (χ3n) is 4.05. The lowest BCUT2D eigenvalue weighted by Gasteiger charge is -2.28. The number of nitrogens with zero attached hydrogens (tertiary/aromatic N) is 5. The summed E-state index contributed by atoms with van der Waals surface area (Å²) in [4.78, 5) is 2.27. The predicted octanol–water partition coefficient (Wildman–Crippen LogP) is 3.27. The largest absolute Gasteiger partial charge is 0.495 e. The van der Waals surface area contributed by atoms with E-state index in [0.717, 1.165) is 43.3 Å². The fourth-order valence-electron chi connectivity index (χ4n) is 2.85. The predicted molar refractivity (Wildman–Crippen MR) is 94.9 cm³/mol. The summed E-state index contributed by atoms with van der Waals surface area (Å²) >= 11 is 1.42. The number of rotatable bonds is 5. The van der Waals surface area contributed by atoms with Gasteiger partial charge < -0.3 is 9.64 Å². The van der Waals surface area contributed by atoms with Crippen molar-refractivity contribution in [2.24, 2.45) is 0 Å². The molecule has 126 valence electrons. The van der Waals surface area contributed by atoms with Gasteiger partial charge in [-0.1, -0.05) is 23.9 Å². The lowest BCUT2D eigenvalue weighted by Crippen LogP contribution is -2.31. The highest BCUT2D eigenvalue weighted by Gasteiger charge is 2.24. The van der Waals surface area contributed by atoms with E-state index in [2.05, 4.69) is 21.2 Å². The van der Waals surface area contributed by atoms with Crippen molar-refractivity contribution >= 4 is 17.7 Å². The van der Waals surface area contributed by atoms with Gasteiger partial charge in [0.05, 0.1) is 24.1 Å². The van der Waals surface area contributed by atoms with Gasteiger partial charge in [-0.15, -0.1) is 10.2 Å². The van der Waals surface area contributed by atoms with Crippen LogP contribution >= 0.6 is 11.8 Å². The highest BCUT2D eigenvalue weighted by Crippen LogP contribution is 2.33. The smallest absolute Gasteiger partial charge is 0.232 e. The van der Waals surface area contributed by atoms with Crippen LogP contribution < -0.4 is 9.64 Å². The molecule has 1 aliphatic rings. The number of methoxy groups -OCH3 is 1. The van der Waals surface area contributed by atoms with E-state index in [1.165, 1.54) is 18.2 Å². The van der Waals surface area contributed by atoms with Gasteiger partial charge in [0.15, 0.2) is 5.16 Å². The van der Waals surface area contributed by atoms with Crippen LogP contribution in [0.15, 0.2) is 29.4 Å². The van der Waals surface area contributed by atoms with Crippen molar-refractivity contribution in [3.05, 3.63) is 24.3 Å². The van der Waals surface area contributed by atoms with E-state index < -0.39 is 0 Å². The summed E-state index contributed by atoms with van der Waals surface area (Å²) in [6.45, 7) is 3.82. The van der Waals surface area contributed by atoms with Crippen LogP contribution in [0.25, 0.3) is 5.69 Å². The third kappa shape index (κ3) is 3.34. The first kappa shape index (κ1) is 16.7. The summed E-state index contributed by atoms with van der Waals surface area (Å²) in [5.74, 6) is 1.59. The quantitative estimate of drug-likeness (QED) is 0.776. The first-order valence-electron chi connectivity index (χ1n) is 8.14. The van der Waals surface area contributed by atoms with Gasteiger partial charge in [-0.05, 0) is 38.3 Å². The number of anilines is 1. The van der Waals surface area contributed by atoms with Crippen molar-refractivity contribution in [3.63, 3.8) is 0 Å². The normalized spacial score (nSPS) is 15.8. The standard InChI is InChI=1S/C17H21N5OS/c1-13(12-18)24-17-20-19-16(21-10-6-3-7-11-21)22(17)14-8-4-5-9-15(14)23-2/h4-5,8-9,13H,3,6-7,10-11H2,1-2H3/t13-/m0/s1. The minimum absolute atomic E-state index is 0.197. The molecule has 0 bridgehead atoms. The molecule has 2 heterocycles. The molecule has 1 saturated heterocycles. The van der Waals surface area contributed by atoms with Crippen molar-refractivity contribution < 1.29 is 4.74 Å². The second-order valence-electron chi connectivity index (χ2n) is 5.73. The topological polar surface area (TPSA) is 67.0 Å². The molecule has 1 aliphatic heterocycles. The first-order chi connectivity index (χ1) is 11.7. The molecular weight excluding hydrogens is 322 g/mol. The fraction of sp³-hybridized carbons (Fsp3) is 0.471. The van der Waals surface area contributed by atoms with Crippen molar-refractivity contribution in [1.82, 2.24) is 14.8 Å². The van der Waals surface area contributed by atoms with Crippen molar-refractivity contribution in [3.8, 4) is 17.5 Å². The van der Waals surface area contributed by atoms with Crippen LogP contribution in [0.2, 0.25) is 0 Å². The Morgan fingerprint density at radius 2 is 1.96 bits per heavy atom. The van der Waals surface area contributed by atoms with Crippen molar-refractivity contribution in [1.29, 1.82) is 5.26 Å². The number of piperidine rings is 1. The maximum atomic E-state index is 9.15. The van der Waals surface area contributed by atoms with Gasteiger partial charge in [0.2, 0.25) is 5.95 Å². The second-order valence-corrected chi connectivity index (χ2v) is 7.03. The molecule has 1 aromatic carbocycles. The Labute approximate surface area is 146 Å². The zero-order chi connectivity index (χ0) is 16.9. The van der Waals surface area contributed by atoms with Crippen LogP contribution in [-0.4, -0.2) is 40.2 Å². The molecule has 0 aliphatic carbocycles. The van der Waals surface area contributed by atoms with E-state index >= 15 is 0 Å². The summed E-state index contributed by atoms with van der Waals surface area (Å²) in [5, 5.41) is 18.5. The van der Waals surface area contributed by atoms with Gasteiger partial charge in [0.1, 0.15) is 5.75 Å². The van der Waals surface area contributed by atoms with E-state index in [1.807, 2.05) is 35.8 Å². The lowest BCUT2D eigenvalue weighted by molar-refractivity contribution is 0.412. The Balaban J connectivity index is 2.08. The number of hydrogen-bond acceptors (Lipinski definition) is 6. The molecule has 0 saturated carbocycles. The van der Waals surface area contributed by atoms with E-state index in [-0.39, 0.29) is 5.25 Å². The highest BCUT2D eigenvalue weighted by molar-refractivity contribution is 8.00. The molecule has 0 radical (unpaired) electrons. The zero-order valence-corrected chi connectivity index (χ0v) is 14.8. The number of aromatic nitrogens is 3. The van der Waals surface area contributed by atoms with Gasteiger partial charge in [0, 0.05) is 13.1 Å². The lowest BCUT2D eigenvalue weighted by atomic mass is 10.1. The number of benzene rings is 1. The van der Waals surface area contributed by atoms with Crippen LogP contribution in [0, 0.1) is 11.3 Å². The molecule has 7 heteroatoms. The Morgan fingerprint density at radius 3 is 2.67 bits per heavy atom. The zero-order valence-electron chi connectivity index (χ0n) is 14.0. The summed E-state index contributed by atoms with van der Waals surface area (Å²) in [6, 6.07) is 10.1. The average molecular weight is 343 g/mol. The van der Waals surface area contributed by atoms with E-state index in [9.17, 15) is 0 Å². The molecule has 3 rings (SSSR count). The van der Waals surface area contributed by atoms with Crippen LogP contribution in [0.5, 0.6) is 5.75 Å². The number of hydrogen-bond donors (Lipinski definition) is 0.